The molecule has 14 nitrogen and oxygen atoms in total. The van der Waals surface area contributed by atoms with E-state index in [1.54, 1.807) is 34.6 Å². The number of carbonyl (C=O) groups excluding carboxylic acids is 5. The molecule has 0 aromatic heterocycles. The average molecular weight is 694 g/mol. The highest BCUT2D eigenvalue weighted by Gasteiger charge is 2.44. The first-order chi connectivity index (χ1) is 23.6. The van der Waals surface area contributed by atoms with Gasteiger partial charge in [-0.25, -0.2) is 9.59 Å². The van der Waals surface area contributed by atoms with Gasteiger partial charge in [-0.1, -0.05) is 44.2 Å². The Balaban J connectivity index is 1.43. The average Bonchev–Trinajstić information content (AvgIpc) is 3.76. The van der Waals surface area contributed by atoms with Gasteiger partial charge in [0.1, 0.15) is 36.4 Å². The number of alkyl carbamates (subject to hydrolysis) is 1. The minimum absolute atomic E-state index is 0.0768. The van der Waals surface area contributed by atoms with Crippen LogP contribution in [0.5, 0.6) is 0 Å². The number of nitro groups is 1. The molecule has 0 aliphatic carbocycles. The van der Waals surface area contributed by atoms with E-state index in [2.05, 4.69) is 10.6 Å². The molecule has 2 saturated heterocycles. The number of esters is 1. The molecule has 2 aromatic rings. The number of carbonyl (C=O) groups is 5. The van der Waals surface area contributed by atoms with E-state index in [4.69, 9.17) is 9.47 Å². The first-order valence-corrected chi connectivity index (χ1v) is 17.0. The highest BCUT2D eigenvalue weighted by molar-refractivity contribution is 5.95. The van der Waals surface area contributed by atoms with Crippen molar-refractivity contribution >= 4 is 35.5 Å². The number of nitrogens with zero attached hydrogens (tertiary/aromatic N) is 3. The van der Waals surface area contributed by atoms with E-state index in [1.165, 1.54) is 34.1 Å². The molecule has 2 fully saturated rings. The lowest BCUT2D eigenvalue weighted by Gasteiger charge is -2.34. The largest absolute Gasteiger partial charge is 0.459 e. The number of hydrogen-bond acceptors (Lipinski definition) is 9. The fourth-order valence-electron chi connectivity index (χ4n) is 6.17. The van der Waals surface area contributed by atoms with Crippen LogP contribution >= 0.6 is 0 Å². The molecule has 50 heavy (non-hydrogen) atoms. The van der Waals surface area contributed by atoms with Gasteiger partial charge in [0.15, 0.2) is 0 Å². The normalized spacial score (nSPS) is 18.7. The third-order valence-electron chi connectivity index (χ3n) is 8.68. The first-order valence-electron chi connectivity index (χ1n) is 17.0. The molecule has 0 spiro atoms. The summed E-state index contributed by atoms with van der Waals surface area (Å²) in [5.41, 5.74) is 0.505. The quantitative estimate of drug-likeness (QED) is 0.190. The summed E-state index contributed by atoms with van der Waals surface area (Å²) in [5.74, 6) is -2.27. The summed E-state index contributed by atoms with van der Waals surface area (Å²) in [7, 11) is 0. The Bertz CT molecular complexity index is 1540. The maximum absolute atomic E-state index is 14.1. The van der Waals surface area contributed by atoms with E-state index in [0.717, 1.165) is 5.56 Å². The number of likely N-dealkylation sites (tertiary alicyclic amines) is 2. The zero-order valence-electron chi connectivity index (χ0n) is 29.3. The summed E-state index contributed by atoms with van der Waals surface area (Å²) in [6.07, 6.45) is 1.36. The molecule has 0 saturated carbocycles. The summed E-state index contributed by atoms with van der Waals surface area (Å²) in [6.45, 7) is 9.27. The number of amides is 4. The number of nitrogens with one attached hydrogen (secondary N) is 2. The highest BCUT2D eigenvalue weighted by atomic mass is 16.6. The molecule has 2 aliphatic rings. The molecular formula is C36H47N5O9. The van der Waals surface area contributed by atoms with E-state index >= 15 is 0 Å². The molecule has 4 rings (SSSR count). The Morgan fingerprint density at radius 1 is 0.880 bits per heavy atom. The van der Waals surface area contributed by atoms with E-state index in [1.807, 2.05) is 30.3 Å². The van der Waals surface area contributed by atoms with Crippen LogP contribution < -0.4 is 10.6 Å². The van der Waals surface area contributed by atoms with Crippen molar-refractivity contribution in [2.75, 3.05) is 13.1 Å². The molecule has 4 atom stereocenters. The maximum atomic E-state index is 14.1. The number of nitro benzene ring substituents is 1. The second kappa shape index (κ2) is 16.6. The predicted octanol–water partition coefficient (Wildman–Crippen LogP) is 3.90. The van der Waals surface area contributed by atoms with Crippen molar-refractivity contribution in [1.29, 1.82) is 0 Å². The van der Waals surface area contributed by atoms with Crippen LogP contribution in [0.15, 0.2) is 54.6 Å². The number of rotatable bonds is 12. The van der Waals surface area contributed by atoms with Crippen molar-refractivity contribution in [3.05, 3.63) is 75.8 Å². The minimum Gasteiger partial charge on any atom is -0.459 e. The summed E-state index contributed by atoms with van der Waals surface area (Å²) >= 11 is 0. The lowest BCUT2D eigenvalue weighted by Crippen LogP contribution is -2.59. The van der Waals surface area contributed by atoms with Crippen LogP contribution in [-0.4, -0.2) is 87.4 Å². The zero-order chi connectivity index (χ0) is 36.6. The molecule has 4 amide bonds. The van der Waals surface area contributed by atoms with Crippen LogP contribution in [0, 0.1) is 16.0 Å². The van der Waals surface area contributed by atoms with Crippen molar-refractivity contribution in [1.82, 2.24) is 20.4 Å². The van der Waals surface area contributed by atoms with Gasteiger partial charge < -0.3 is 29.9 Å². The Kier molecular flexibility index (Phi) is 12.5. The van der Waals surface area contributed by atoms with Gasteiger partial charge in [0.2, 0.25) is 17.7 Å². The van der Waals surface area contributed by atoms with Gasteiger partial charge in [0.05, 0.1) is 4.92 Å². The molecular weight excluding hydrogens is 646 g/mol. The van der Waals surface area contributed by atoms with Crippen molar-refractivity contribution < 1.29 is 38.4 Å². The van der Waals surface area contributed by atoms with Crippen LogP contribution in [0.1, 0.15) is 71.4 Å². The fourth-order valence-corrected chi connectivity index (χ4v) is 6.17. The molecule has 2 aliphatic heterocycles. The summed E-state index contributed by atoms with van der Waals surface area (Å²) < 4.78 is 10.9. The predicted molar refractivity (Wildman–Crippen MR) is 182 cm³/mol. The monoisotopic (exact) mass is 693 g/mol. The lowest BCUT2D eigenvalue weighted by molar-refractivity contribution is -0.384. The van der Waals surface area contributed by atoms with E-state index in [-0.39, 0.29) is 30.5 Å². The van der Waals surface area contributed by atoms with Crippen LogP contribution in [0.3, 0.4) is 0 Å². The molecule has 2 aromatic carbocycles. The molecule has 0 unspecified atom stereocenters. The standard InChI is InChI=1S/C36H47N5O9/c1-23(2)30(38-31(42)27(21-24-11-7-6-8-12-24)37-35(46)50-36(3,4)5)33(44)39-19-9-13-28(39)32(43)40-20-10-14-29(40)34(45)49-22-25-15-17-26(18-16-25)41(47)48/h6-8,11-12,15-18,23,27-30H,9-10,13-14,19-22H2,1-5H3,(H,37,46)(H,38,42)/t27-,28-,29-,30-/m0/s1. The van der Waals surface area contributed by atoms with Gasteiger partial charge in [0.25, 0.3) is 5.69 Å². The second-order valence-corrected chi connectivity index (χ2v) is 14.0. The highest BCUT2D eigenvalue weighted by Crippen LogP contribution is 2.27. The summed E-state index contributed by atoms with van der Waals surface area (Å²) in [6, 6.07) is 11.2. The number of non-ortho nitro benzene ring substituents is 1. The van der Waals surface area contributed by atoms with Gasteiger partial charge in [-0.3, -0.25) is 24.5 Å². The van der Waals surface area contributed by atoms with E-state index < -0.39 is 58.6 Å². The van der Waals surface area contributed by atoms with Crippen molar-refractivity contribution in [2.45, 2.75) is 103 Å². The Labute approximate surface area is 292 Å². The Hall–Kier alpha value is -5.01. The van der Waals surface area contributed by atoms with Gasteiger partial charge >= 0.3 is 12.1 Å². The number of ether oxygens (including phenoxy) is 2. The van der Waals surface area contributed by atoms with Gasteiger partial charge in [-0.2, -0.15) is 0 Å². The van der Waals surface area contributed by atoms with Crippen LogP contribution in [-0.2, 0) is 41.7 Å². The Morgan fingerprint density at radius 2 is 1.50 bits per heavy atom. The van der Waals surface area contributed by atoms with Crippen molar-refractivity contribution in [2.24, 2.45) is 5.92 Å². The summed E-state index contributed by atoms with van der Waals surface area (Å²) in [5, 5.41) is 16.4. The summed E-state index contributed by atoms with van der Waals surface area (Å²) in [4.78, 5) is 80.9. The topological polar surface area (TPSA) is 177 Å². The molecule has 0 bridgehead atoms. The molecule has 0 radical (unpaired) electrons. The van der Waals surface area contributed by atoms with Gasteiger partial charge in [0, 0.05) is 31.6 Å². The molecule has 270 valence electrons. The Morgan fingerprint density at radius 3 is 2.10 bits per heavy atom. The zero-order valence-corrected chi connectivity index (χ0v) is 29.3. The minimum atomic E-state index is -1.04. The van der Waals surface area contributed by atoms with Gasteiger partial charge in [-0.15, -0.1) is 0 Å². The molecule has 14 heteroatoms. The molecule has 2 N–H and O–H groups in total. The SMILES string of the molecule is CC(C)[C@H](NC(=O)[C@H](Cc1ccccc1)NC(=O)OC(C)(C)C)C(=O)N1CCC[C@H]1C(=O)N1CCC[C@H]1C(=O)OCc1ccc([N+](=O)[O-])cc1. The molecule has 2 heterocycles. The van der Waals surface area contributed by atoms with Crippen LogP contribution in [0.4, 0.5) is 10.5 Å². The number of benzene rings is 2. The van der Waals surface area contributed by atoms with E-state index in [0.29, 0.717) is 44.3 Å². The smallest absolute Gasteiger partial charge is 0.408 e. The maximum Gasteiger partial charge on any atom is 0.408 e. The van der Waals surface area contributed by atoms with Crippen molar-refractivity contribution in [3.63, 3.8) is 0 Å². The second-order valence-electron chi connectivity index (χ2n) is 14.0. The van der Waals surface area contributed by atoms with E-state index in [9.17, 15) is 34.1 Å². The van der Waals surface area contributed by atoms with Crippen molar-refractivity contribution in [3.8, 4) is 0 Å². The van der Waals surface area contributed by atoms with Gasteiger partial charge in [-0.05, 0) is 75.6 Å². The fraction of sp³-hybridized carbons (Fsp3) is 0.528. The lowest BCUT2D eigenvalue weighted by atomic mass is 10.00. The van der Waals surface area contributed by atoms with Crippen LogP contribution in [0.25, 0.3) is 0 Å². The van der Waals surface area contributed by atoms with Crippen LogP contribution in [0.2, 0.25) is 0 Å². The third kappa shape index (κ3) is 10.0. The third-order valence-corrected chi connectivity index (χ3v) is 8.68. The number of hydrogen-bond donors (Lipinski definition) is 2. The first kappa shape index (κ1) is 37.8.